The molecule has 15 heavy (non-hydrogen) atoms. The summed E-state index contributed by atoms with van der Waals surface area (Å²) >= 11 is 0. The Bertz CT molecular complexity index is 349. The Labute approximate surface area is 91.1 Å². The second-order valence-corrected chi connectivity index (χ2v) is 3.84. The molecule has 82 valence electrons. The van der Waals surface area contributed by atoms with Crippen LogP contribution in [-0.4, -0.2) is 17.9 Å². The van der Waals surface area contributed by atoms with E-state index in [1.165, 1.54) is 0 Å². The quantitative estimate of drug-likeness (QED) is 0.760. The number of carbonyl (C=O) groups excluding carboxylic acids is 1. The summed E-state index contributed by atoms with van der Waals surface area (Å²) in [5.41, 5.74) is 0.927. The SMILES string of the molecule is CCC(C)C(=O)N(C)c1cccc(C)n1. The normalized spacial score (nSPS) is 12.3. The molecule has 3 heteroatoms. The van der Waals surface area contributed by atoms with Crippen LogP contribution in [0.15, 0.2) is 18.2 Å². The lowest BCUT2D eigenvalue weighted by molar-refractivity contribution is -0.121. The van der Waals surface area contributed by atoms with Crippen LogP contribution in [-0.2, 0) is 4.79 Å². The van der Waals surface area contributed by atoms with Gasteiger partial charge in [0.2, 0.25) is 5.91 Å². The van der Waals surface area contributed by atoms with Crippen LogP contribution < -0.4 is 4.90 Å². The van der Waals surface area contributed by atoms with Crippen molar-refractivity contribution < 1.29 is 4.79 Å². The van der Waals surface area contributed by atoms with Crippen molar-refractivity contribution in [1.29, 1.82) is 0 Å². The first-order chi connectivity index (χ1) is 7.06. The van der Waals surface area contributed by atoms with Crippen molar-refractivity contribution in [2.75, 3.05) is 11.9 Å². The van der Waals surface area contributed by atoms with E-state index in [0.29, 0.717) is 0 Å². The molecule has 1 atom stereocenters. The molecule has 0 spiro atoms. The van der Waals surface area contributed by atoms with Gasteiger partial charge >= 0.3 is 0 Å². The van der Waals surface area contributed by atoms with E-state index in [1.54, 1.807) is 11.9 Å². The van der Waals surface area contributed by atoms with Crippen molar-refractivity contribution in [2.24, 2.45) is 5.92 Å². The van der Waals surface area contributed by atoms with Crippen molar-refractivity contribution in [2.45, 2.75) is 27.2 Å². The van der Waals surface area contributed by atoms with Crippen LogP contribution >= 0.6 is 0 Å². The van der Waals surface area contributed by atoms with Crippen LogP contribution in [0.25, 0.3) is 0 Å². The van der Waals surface area contributed by atoms with Gasteiger partial charge in [-0.3, -0.25) is 9.69 Å². The van der Waals surface area contributed by atoms with Gasteiger partial charge in [-0.15, -0.1) is 0 Å². The molecular formula is C12H18N2O. The molecule has 1 amide bonds. The van der Waals surface area contributed by atoms with E-state index in [4.69, 9.17) is 0 Å². The number of hydrogen-bond acceptors (Lipinski definition) is 2. The highest BCUT2D eigenvalue weighted by Crippen LogP contribution is 2.13. The molecule has 0 N–H and O–H groups in total. The maximum atomic E-state index is 11.9. The van der Waals surface area contributed by atoms with E-state index in [1.807, 2.05) is 39.0 Å². The number of rotatable bonds is 3. The highest BCUT2D eigenvalue weighted by atomic mass is 16.2. The van der Waals surface area contributed by atoms with Gasteiger partial charge in [0, 0.05) is 18.7 Å². The third-order valence-electron chi connectivity index (χ3n) is 2.58. The van der Waals surface area contributed by atoms with Gasteiger partial charge in [0.25, 0.3) is 0 Å². The third kappa shape index (κ3) is 2.78. The Hall–Kier alpha value is -1.38. The maximum absolute atomic E-state index is 11.9. The molecule has 1 unspecified atom stereocenters. The molecule has 3 nitrogen and oxygen atoms in total. The summed E-state index contributed by atoms with van der Waals surface area (Å²) < 4.78 is 0. The largest absolute Gasteiger partial charge is 0.300 e. The van der Waals surface area contributed by atoms with E-state index in [0.717, 1.165) is 17.9 Å². The van der Waals surface area contributed by atoms with Gasteiger partial charge in [0.05, 0.1) is 0 Å². The minimum atomic E-state index is 0.0531. The van der Waals surface area contributed by atoms with Gasteiger partial charge in [-0.2, -0.15) is 0 Å². The van der Waals surface area contributed by atoms with E-state index >= 15 is 0 Å². The Morgan fingerprint density at radius 2 is 2.20 bits per heavy atom. The Morgan fingerprint density at radius 1 is 1.53 bits per heavy atom. The zero-order chi connectivity index (χ0) is 11.4. The number of pyridine rings is 1. The molecule has 0 saturated heterocycles. The van der Waals surface area contributed by atoms with Crippen molar-refractivity contribution in [1.82, 2.24) is 4.98 Å². The second-order valence-electron chi connectivity index (χ2n) is 3.84. The Balaban J connectivity index is 2.85. The first kappa shape index (κ1) is 11.7. The van der Waals surface area contributed by atoms with E-state index < -0.39 is 0 Å². The third-order valence-corrected chi connectivity index (χ3v) is 2.58. The van der Waals surface area contributed by atoms with Gasteiger partial charge < -0.3 is 0 Å². The fourth-order valence-electron chi connectivity index (χ4n) is 1.33. The highest BCUT2D eigenvalue weighted by molar-refractivity contribution is 5.93. The van der Waals surface area contributed by atoms with Gasteiger partial charge in [0.15, 0.2) is 0 Å². The van der Waals surface area contributed by atoms with Crippen molar-refractivity contribution in [3.05, 3.63) is 23.9 Å². The predicted octanol–water partition coefficient (Wildman–Crippen LogP) is 2.40. The first-order valence-corrected chi connectivity index (χ1v) is 5.27. The number of nitrogens with zero attached hydrogens (tertiary/aromatic N) is 2. The standard InChI is InChI=1S/C12H18N2O/c1-5-9(2)12(15)14(4)11-8-6-7-10(3)13-11/h6-9H,5H2,1-4H3. The van der Waals surface area contributed by atoms with Crippen LogP contribution in [0, 0.1) is 12.8 Å². The first-order valence-electron chi connectivity index (χ1n) is 5.27. The number of anilines is 1. The monoisotopic (exact) mass is 206 g/mol. The van der Waals surface area contributed by atoms with Crippen LogP contribution in [0.4, 0.5) is 5.82 Å². The molecule has 1 aromatic rings. The van der Waals surface area contributed by atoms with E-state index in [9.17, 15) is 4.79 Å². The summed E-state index contributed by atoms with van der Waals surface area (Å²) in [4.78, 5) is 17.8. The molecule has 0 bridgehead atoms. The summed E-state index contributed by atoms with van der Waals surface area (Å²) in [6.45, 7) is 5.87. The van der Waals surface area contributed by atoms with Gasteiger partial charge in [-0.25, -0.2) is 4.98 Å². The lowest BCUT2D eigenvalue weighted by Gasteiger charge is -2.19. The molecule has 1 heterocycles. The smallest absolute Gasteiger partial charge is 0.230 e. The summed E-state index contributed by atoms with van der Waals surface area (Å²) in [6.07, 6.45) is 0.856. The lowest BCUT2D eigenvalue weighted by Crippen LogP contribution is -2.31. The van der Waals surface area contributed by atoms with Crippen molar-refractivity contribution >= 4 is 11.7 Å². The minimum absolute atomic E-state index is 0.0531. The zero-order valence-electron chi connectivity index (χ0n) is 9.82. The molecule has 0 fully saturated rings. The summed E-state index contributed by atoms with van der Waals surface area (Å²) in [5, 5.41) is 0. The van der Waals surface area contributed by atoms with Gasteiger partial charge in [-0.05, 0) is 25.5 Å². The summed E-state index contributed by atoms with van der Waals surface area (Å²) in [6, 6.07) is 5.69. The molecule has 0 radical (unpaired) electrons. The maximum Gasteiger partial charge on any atom is 0.230 e. The number of amides is 1. The number of aromatic nitrogens is 1. The Kier molecular flexibility index (Phi) is 3.83. The van der Waals surface area contributed by atoms with Crippen LogP contribution in [0.2, 0.25) is 0 Å². The Morgan fingerprint density at radius 3 is 2.73 bits per heavy atom. The molecule has 0 aliphatic heterocycles. The van der Waals surface area contributed by atoms with Crippen molar-refractivity contribution in [3.63, 3.8) is 0 Å². The second kappa shape index (κ2) is 4.91. The van der Waals surface area contributed by atoms with Gasteiger partial charge in [0.1, 0.15) is 5.82 Å². The van der Waals surface area contributed by atoms with Crippen LogP contribution in [0.1, 0.15) is 26.0 Å². The average Bonchev–Trinajstić information content (AvgIpc) is 2.26. The number of carbonyl (C=O) groups is 1. The minimum Gasteiger partial charge on any atom is -0.300 e. The van der Waals surface area contributed by atoms with Crippen LogP contribution in [0.5, 0.6) is 0 Å². The summed E-state index contributed by atoms with van der Waals surface area (Å²) in [5.74, 6) is 0.896. The molecule has 0 aliphatic carbocycles. The fourth-order valence-corrected chi connectivity index (χ4v) is 1.33. The lowest BCUT2D eigenvalue weighted by atomic mass is 10.1. The molecular weight excluding hydrogens is 188 g/mol. The predicted molar refractivity (Wildman–Crippen MR) is 61.8 cm³/mol. The molecule has 1 aromatic heterocycles. The van der Waals surface area contributed by atoms with Gasteiger partial charge in [-0.1, -0.05) is 19.9 Å². The zero-order valence-corrected chi connectivity index (χ0v) is 9.82. The molecule has 0 saturated carbocycles. The highest BCUT2D eigenvalue weighted by Gasteiger charge is 2.17. The average molecular weight is 206 g/mol. The molecule has 0 aromatic carbocycles. The van der Waals surface area contributed by atoms with Crippen LogP contribution in [0.3, 0.4) is 0 Å². The topological polar surface area (TPSA) is 33.2 Å². The summed E-state index contributed by atoms with van der Waals surface area (Å²) in [7, 11) is 1.77. The fraction of sp³-hybridized carbons (Fsp3) is 0.500. The number of aryl methyl sites for hydroxylation is 1. The van der Waals surface area contributed by atoms with Crippen molar-refractivity contribution in [3.8, 4) is 0 Å². The van der Waals surface area contributed by atoms with E-state index in [2.05, 4.69) is 4.98 Å². The number of hydrogen-bond donors (Lipinski definition) is 0. The molecule has 0 aliphatic rings. The van der Waals surface area contributed by atoms with E-state index in [-0.39, 0.29) is 11.8 Å². The molecule has 1 rings (SSSR count).